The van der Waals surface area contributed by atoms with Gasteiger partial charge in [-0.3, -0.25) is 0 Å². The smallest absolute Gasteiger partial charge is 0.132 e. The summed E-state index contributed by atoms with van der Waals surface area (Å²) in [7, 11) is 1.71. The van der Waals surface area contributed by atoms with Gasteiger partial charge in [0.2, 0.25) is 0 Å². The number of halogens is 1. The Balaban J connectivity index is 2.19. The highest BCUT2D eigenvalue weighted by Gasteiger charge is 2.05. The van der Waals surface area contributed by atoms with Gasteiger partial charge in [-0.1, -0.05) is 55.8 Å². The highest BCUT2D eigenvalue weighted by molar-refractivity contribution is 14.1. The van der Waals surface area contributed by atoms with Gasteiger partial charge in [0.1, 0.15) is 5.75 Å². The van der Waals surface area contributed by atoms with E-state index >= 15 is 0 Å². The number of benzene rings is 2. The van der Waals surface area contributed by atoms with Crippen LogP contribution in [0.25, 0.3) is 12.2 Å². The molecule has 0 radical (unpaired) electrons. The number of rotatable bonds is 5. The predicted octanol–water partition coefficient (Wildman–Crippen LogP) is 5.73. The molecular weight excluding hydrogens is 371 g/mol. The van der Waals surface area contributed by atoms with Crippen molar-refractivity contribution in [2.24, 2.45) is 0 Å². The van der Waals surface area contributed by atoms with Crippen molar-refractivity contribution in [3.63, 3.8) is 0 Å². The molecular formula is C19H21IO. The highest BCUT2D eigenvalue weighted by Crippen LogP contribution is 2.27. The van der Waals surface area contributed by atoms with Crippen molar-refractivity contribution in [3.8, 4) is 5.75 Å². The molecule has 0 fully saturated rings. The van der Waals surface area contributed by atoms with Crippen LogP contribution in [0.15, 0.2) is 36.4 Å². The monoisotopic (exact) mass is 392 g/mol. The molecule has 1 nitrogen and oxygen atoms in total. The van der Waals surface area contributed by atoms with Gasteiger partial charge in [-0.2, -0.15) is 0 Å². The first-order chi connectivity index (χ1) is 10.2. The summed E-state index contributed by atoms with van der Waals surface area (Å²) in [5.41, 5.74) is 5.14. The van der Waals surface area contributed by atoms with Crippen molar-refractivity contribution >= 4 is 34.7 Å². The maximum atomic E-state index is 5.35. The second kappa shape index (κ2) is 7.64. The van der Waals surface area contributed by atoms with Crippen LogP contribution in [-0.2, 0) is 6.42 Å². The van der Waals surface area contributed by atoms with Crippen LogP contribution in [0.3, 0.4) is 0 Å². The van der Waals surface area contributed by atoms with E-state index < -0.39 is 0 Å². The normalized spacial score (nSPS) is 11.0. The summed E-state index contributed by atoms with van der Waals surface area (Å²) in [6.07, 6.45) is 6.69. The third-order valence-corrected chi connectivity index (χ3v) is 4.93. The molecule has 0 atom stereocenters. The van der Waals surface area contributed by atoms with E-state index in [9.17, 15) is 0 Å². The van der Waals surface area contributed by atoms with Crippen molar-refractivity contribution in [1.29, 1.82) is 0 Å². The standard InChI is InChI=1S/C19H21IO/c1-4-5-15-6-8-16(9-7-15)10-11-17-12-13-18(21-3)19(20)14(17)2/h6-13H,4-5H2,1-3H3. The summed E-state index contributed by atoms with van der Waals surface area (Å²) in [5.74, 6) is 0.939. The van der Waals surface area contributed by atoms with E-state index in [0.29, 0.717) is 0 Å². The Morgan fingerprint density at radius 1 is 1.05 bits per heavy atom. The Morgan fingerprint density at radius 2 is 1.76 bits per heavy atom. The lowest BCUT2D eigenvalue weighted by Crippen LogP contribution is -1.92. The second-order valence-corrected chi connectivity index (χ2v) is 6.20. The van der Waals surface area contributed by atoms with Crippen molar-refractivity contribution in [3.05, 3.63) is 62.2 Å². The lowest BCUT2D eigenvalue weighted by molar-refractivity contribution is 0.411. The molecule has 0 saturated carbocycles. The Morgan fingerprint density at radius 3 is 2.38 bits per heavy atom. The van der Waals surface area contributed by atoms with Crippen LogP contribution in [0.1, 0.15) is 35.6 Å². The van der Waals surface area contributed by atoms with Crippen LogP contribution in [0.5, 0.6) is 5.75 Å². The van der Waals surface area contributed by atoms with E-state index in [0.717, 1.165) is 12.2 Å². The van der Waals surface area contributed by atoms with E-state index in [1.807, 2.05) is 6.07 Å². The van der Waals surface area contributed by atoms with Gasteiger partial charge in [0.05, 0.1) is 10.7 Å². The molecule has 0 aliphatic rings. The zero-order valence-electron chi connectivity index (χ0n) is 12.8. The zero-order chi connectivity index (χ0) is 15.2. The summed E-state index contributed by atoms with van der Waals surface area (Å²) in [5, 5.41) is 0. The second-order valence-electron chi connectivity index (χ2n) is 5.12. The highest BCUT2D eigenvalue weighted by atomic mass is 127. The van der Waals surface area contributed by atoms with Crippen LogP contribution >= 0.6 is 22.6 Å². The minimum atomic E-state index is 0.939. The van der Waals surface area contributed by atoms with Gasteiger partial charge in [-0.25, -0.2) is 0 Å². The van der Waals surface area contributed by atoms with E-state index in [4.69, 9.17) is 4.74 Å². The van der Waals surface area contributed by atoms with E-state index in [-0.39, 0.29) is 0 Å². The molecule has 0 bridgehead atoms. The Labute approximate surface area is 141 Å². The minimum absolute atomic E-state index is 0.939. The quantitative estimate of drug-likeness (QED) is 0.466. The van der Waals surface area contributed by atoms with Crippen LogP contribution < -0.4 is 4.74 Å². The molecule has 0 spiro atoms. The average Bonchev–Trinajstić information content (AvgIpc) is 2.50. The number of hydrogen-bond acceptors (Lipinski definition) is 1. The first-order valence-electron chi connectivity index (χ1n) is 7.25. The topological polar surface area (TPSA) is 9.23 Å². The van der Waals surface area contributed by atoms with Gasteiger partial charge in [0.15, 0.2) is 0 Å². The van der Waals surface area contributed by atoms with Crippen LogP contribution in [0.2, 0.25) is 0 Å². The summed E-state index contributed by atoms with van der Waals surface area (Å²) in [6, 6.07) is 12.9. The summed E-state index contributed by atoms with van der Waals surface area (Å²) in [4.78, 5) is 0. The molecule has 2 rings (SSSR count). The van der Waals surface area contributed by atoms with Crippen molar-refractivity contribution in [2.45, 2.75) is 26.7 Å². The maximum absolute atomic E-state index is 5.35. The van der Waals surface area contributed by atoms with E-state index in [1.165, 1.54) is 32.2 Å². The van der Waals surface area contributed by atoms with Gasteiger partial charge in [0.25, 0.3) is 0 Å². The Kier molecular flexibility index (Phi) is 5.85. The van der Waals surface area contributed by atoms with Gasteiger partial charge in [-0.05, 0) is 64.3 Å². The van der Waals surface area contributed by atoms with Gasteiger partial charge in [-0.15, -0.1) is 0 Å². The van der Waals surface area contributed by atoms with Crippen molar-refractivity contribution in [1.82, 2.24) is 0 Å². The first-order valence-corrected chi connectivity index (χ1v) is 8.33. The molecule has 0 heterocycles. The molecule has 0 N–H and O–H groups in total. The van der Waals surface area contributed by atoms with Crippen LogP contribution in [-0.4, -0.2) is 7.11 Å². The Bertz CT molecular complexity index is 627. The lowest BCUT2D eigenvalue weighted by Gasteiger charge is -2.08. The van der Waals surface area contributed by atoms with Gasteiger partial charge < -0.3 is 4.74 Å². The lowest BCUT2D eigenvalue weighted by atomic mass is 10.0. The number of aryl methyl sites for hydroxylation is 1. The summed E-state index contributed by atoms with van der Waals surface area (Å²) < 4.78 is 6.52. The number of ether oxygens (including phenoxy) is 1. The SMILES string of the molecule is CCCc1ccc(C=Cc2ccc(OC)c(I)c2C)cc1. The third-order valence-electron chi connectivity index (χ3n) is 3.59. The Hall–Kier alpha value is -1.29. The molecule has 0 aromatic heterocycles. The van der Waals surface area contributed by atoms with Gasteiger partial charge >= 0.3 is 0 Å². The van der Waals surface area contributed by atoms with Crippen LogP contribution in [0, 0.1) is 10.5 Å². The number of hydrogen-bond donors (Lipinski definition) is 0. The molecule has 2 aromatic rings. The zero-order valence-corrected chi connectivity index (χ0v) is 15.0. The first kappa shape index (κ1) is 16.1. The van der Waals surface area contributed by atoms with Crippen LogP contribution in [0.4, 0.5) is 0 Å². The molecule has 0 amide bonds. The fraction of sp³-hybridized carbons (Fsp3) is 0.263. The number of methoxy groups -OCH3 is 1. The molecule has 0 unspecified atom stereocenters. The van der Waals surface area contributed by atoms with Crippen molar-refractivity contribution in [2.75, 3.05) is 7.11 Å². The summed E-state index contributed by atoms with van der Waals surface area (Å²) in [6.45, 7) is 4.34. The van der Waals surface area contributed by atoms with E-state index in [1.54, 1.807) is 7.11 Å². The fourth-order valence-corrected chi connectivity index (χ4v) is 2.99. The largest absolute Gasteiger partial charge is 0.496 e. The predicted molar refractivity (Wildman–Crippen MR) is 99.8 cm³/mol. The fourth-order valence-electron chi connectivity index (χ4n) is 2.28. The molecule has 0 saturated heterocycles. The molecule has 21 heavy (non-hydrogen) atoms. The molecule has 2 heteroatoms. The average molecular weight is 392 g/mol. The molecule has 0 aliphatic heterocycles. The molecule has 110 valence electrons. The molecule has 2 aromatic carbocycles. The minimum Gasteiger partial charge on any atom is -0.496 e. The van der Waals surface area contributed by atoms with Crippen molar-refractivity contribution < 1.29 is 4.74 Å². The third kappa shape index (κ3) is 4.10. The maximum Gasteiger partial charge on any atom is 0.132 e. The van der Waals surface area contributed by atoms with E-state index in [2.05, 4.69) is 78.9 Å². The summed E-state index contributed by atoms with van der Waals surface area (Å²) >= 11 is 2.34. The molecule has 0 aliphatic carbocycles. The van der Waals surface area contributed by atoms with Gasteiger partial charge in [0, 0.05) is 0 Å².